The molecule has 0 radical (unpaired) electrons. The molecule has 3 rings (SSSR count). The fourth-order valence-electron chi connectivity index (χ4n) is 3.89. The topological polar surface area (TPSA) is 65.5 Å². The molecule has 1 aromatic carbocycles. The number of rotatable bonds is 5. The molecular weight excluding hydrogens is 438 g/mol. The summed E-state index contributed by atoms with van der Waals surface area (Å²) in [4.78, 5) is 18.7. The first-order valence-electron chi connectivity index (χ1n) is 9.53. The van der Waals surface area contributed by atoms with Crippen molar-refractivity contribution >= 4 is 17.5 Å². The molecule has 2 unspecified atom stereocenters. The zero-order chi connectivity index (χ0) is 23.0. The van der Waals surface area contributed by atoms with E-state index in [1.54, 1.807) is 19.0 Å². The predicted octanol–water partition coefficient (Wildman–Crippen LogP) is 3.78. The summed E-state index contributed by atoms with van der Waals surface area (Å²) < 4.78 is 55.0. The Bertz CT molecular complexity index is 985. The Morgan fingerprint density at radius 2 is 1.97 bits per heavy atom. The Labute approximate surface area is 182 Å². The smallest absolute Gasteiger partial charge is 0.382 e. The van der Waals surface area contributed by atoms with Crippen LogP contribution in [0.1, 0.15) is 35.2 Å². The van der Waals surface area contributed by atoms with Crippen molar-refractivity contribution in [2.45, 2.75) is 36.8 Å². The second kappa shape index (κ2) is 8.37. The van der Waals surface area contributed by atoms with Gasteiger partial charge in [0.25, 0.3) is 5.91 Å². The van der Waals surface area contributed by atoms with Crippen LogP contribution in [0, 0.1) is 0 Å². The monoisotopic (exact) mass is 459 g/mol. The normalized spacial score (nSPS) is 23.5. The lowest BCUT2D eigenvalue weighted by Gasteiger charge is -2.40. The van der Waals surface area contributed by atoms with Crippen molar-refractivity contribution in [3.8, 4) is 0 Å². The molecule has 31 heavy (non-hydrogen) atoms. The van der Waals surface area contributed by atoms with Crippen LogP contribution in [0.5, 0.6) is 0 Å². The first kappa shape index (κ1) is 23.4. The number of hydrogen-bond acceptors (Lipinski definition) is 4. The highest BCUT2D eigenvalue weighted by molar-refractivity contribution is 6.32. The van der Waals surface area contributed by atoms with E-state index in [-0.39, 0.29) is 42.8 Å². The largest absolute Gasteiger partial charge is 0.417 e. The van der Waals surface area contributed by atoms with E-state index in [4.69, 9.17) is 11.6 Å². The van der Waals surface area contributed by atoms with Gasteiger partial charge in [-0.05, 0) is 44.6 Å². The van der Waals surface area contributed by atoms with Gasteiger partial charge in [-0.2, -0.15) is 13.2 Å². The summed E-state index contributed by atoms with van der Waals surface area (Å²) in [6, 6.07) is 6.18. The summed E-state index contributed by atoms with van der Waals surface area (Å²) >= 11 is 5.85. The third-order valence-electron chi connectivity index (χ3n) is 5.32. The standard InChI is InChI=1S/C21H22ClF4N3O2/c1-29(2)12-19(31)8-9-20(23,15-7-4-10-27-17(15)19)18(30)28-11-13-5-3-6-14(16(13)22)21(24,25)26/h3-7,10,31H,8-9,11-12H2,1-2H3,(H,28,30). The van der Waals surface area contributed by atoms with Crippen LogP contribution in [-0.4, -0.2) is 41.5 Å². The molecule has 0 saturated carbocycles. The van der Waals surface area contributed by atoms with E-state index in [1.165, 1.54) is 30.5 Å². The molecule has 1 aromatic heterocycles. The molecule has 1 amide bonds. The SMILES string of the molecule is CN(C)CC1(O)CCC(F)(C(=O)NCc2cccc(C(F)(F)F)c2Cl)c2cccnc21. The van der Waals surface area contributed by atoms with Crippen molar-refractivity contribution in [2.75, 3.05) is 20.6 Å². The van der Waals surface area contributed by atoms with Gasteiger partial charge in [0.15, 0.2) is 0 Å². The van der Waals surface area contributed by atoms with Crippen LogP contribution in [0.4, 0.5) is 17.6 Å². The molecule has 168 valence electrons. The fourth-order valence-corrected chi connectivity index (χ4v) is 4.19. The van der Waals surface area contributed by atoms with Crippen molar-refractivity contribution < 1.29 is 27.5 Å². The maximum absolute atomic E-state index is 15.9. The van der Waals surface area contributed by atoms with Gasteiger partial charge in [0.1, 0.15) is 5.60 Å². The van der Waals surface area contributed by atoms with Crippen LogP contribution < -0.4 is 5.32 Å². The van der Waals surface area contributed by atoms with Gasteiger partial charge in [0.2, 0.25) is 5.67 Å². The second-order valence-corrected chi connectivity index (χ2v) is 8.31. The van der Waals surface area contributed by atoms with Gasteiger partial charge in [-0.15, -0.1) is 0 Å². The molecule has 2 N–H and O–H groups in total. The van der Waals surface area contributed by atoms with Gasteiger partial charge < -0.3 is 15.3 Å². The van der Waals surface area contributed by atoms with E-state index < -0.39 is 33.9 Å². The number of alkyl halides is 4. The lowest BCUT2D eigenvalue weighted by atomic mass is 9.74. The van der Waals surface area contributed by atoms with Crippen molar-refractivity contribution in [1.82, 2.24) is 15.2 Å². The molecule has 2 atom stereocenters. The average Bonchev–Trinajstić information content (AvgIpc) is 2.69. The van der Waals surface area contributed by atoms with E-state index in [0.717, 1.165) is 6.07 Å². The van der Waals surface area contributed by atoms with Crippen molar-refractivity contribution in [2.24, 2.45) is 0 Å². The predicted molar refractivity (Wildman–Crippen MR) is 107 cm³/mol. The number of carbonyl (C=O) groups is 1. The summed E-state index contributed by atoms with van der Waals surface area (Å²) in [5.74, 6) is -1.03. The number of fused-ring (bicyclic) bond motifs is 1. The average molecular weight is 460 g/mol. The zero-order valence-electron chi connectivity index (χ0n) is 16.9. The Morgan fingerprint density at radius 3 is 2.61 bits per heavy atom. The highest BCUT2D eigenvalue weighted by Crippen LogP contribution is 2.45. The number of aromatic nitrogens is 1. The summed E-state index contributed by atoms with van der Waals surface area (Å²) in [7, 11) is 3.51. The Hall–Kier alpha value is -2.23. The van der Waals surface area contributed by atoms with E-state index >= 15 is 4.39 Å². The molecule has 1 aliphatic rings. The molecular formula is C21H22ClF4N3O2. The minimum absolute atomic E-state index is 0.0137. The molecule has 1 heterocycles. The van der Waals surface area contributed by atoms with E-state index in [2.05, 4.69) is 10.3 Å². The van der Waals surface area contributed by atoms with E-state index in [0.29, 0.717) is 0 Å². The number of hydrogen-bond donors (Lipinski definition) is 2. The van der Waals surface area contributed by atoms with Crippen LogP contribution in [0.2, 0.25) is 5.02 Å². The molecule has 2 aromatic rings. The molecule has 0 aliphatic heterocycles. The number of amides is 1. The number of nitrogens with zero attached hydrogens (tertiary/aromatic N) is 2. The van der Waals surface area contributed by atoms with Crippen LogP contribution in [0.15, 0.2) is 36.5 Å². The number of benzene rings is 1. The van der Waals surface area contributed by atoms with Crippen molar-refractivity contribution in [3.63, 3.8) is 0 Å². The fraction of sp³-hybridized carbons (Fsp3) is 0.429. The minimum atomic E-state index is -4.65. The number of pyridine rings is 1. The number of nitrogens with one attached hydrogen (secondary N) is 1. The lowest BCUT2D eigenvalue weighted by Crippen LogP contribution is -2.50. The molecule has 0 bridgehead atoms. The molecule has 5 nitrogen and oxygen atoms in total. The lowest BCUT2D eigenvalue weighted by molar-refractivity contribution is -0.137. The Morgan fingerprint density at radius 1 is 1.26 bits per heavy atom. The van der Waals surface area contributed by atoms with Gasteiger partial charge >= 0.3 is 6.18 Å². The Balaban J connectivity index is 1.86. The van der Waals surface area contributed by atoms with Gasteiger partial charge in [-0.25, -0.2) is 4.39 Å². The number of carbonyl (C=O) groups excluding carboxylic acids is 1. The maximum atomic E-state index is 15.9. The van der Waals surface area contributed by atoms with Crippen LogP contribution >= 0.6 is 11.6 Å². The first-order chi connectivity index (χ1) is 14.4. The summed E-state index contributed by atoms with van der Waals surface area (Å²) in [6.07, 6.45) is -3.60. The zero-order valence-corrected chi connectivity index (χ0v) is 17.7. The van der Waals surface area contributed by atoms with E-state index in [9.17, 15) is 23.1 Å². The van der Waals surface area contributed by atoms with Gasteiger partial charge in [0.05, 0.1) is 16.3 Å². The third-order valence-corrected chi connectivity index (χ3v) is 5.77. The molecule has 0 fully saturated rings. The second-order valence-electron chi connectivity index (χ2n) is 7.93. The van der Waals surface area contributed by atoms with Gasteiger partial charge in [-0.3, -0.25) is 9.78 Å². The summed E-state index contributed by atoms with van der Waals surface area (Å²) in [5.41, 5.74) is -4.92. The third kappa shape index (κ3) is 4.53. The van der Waals surface area contributed by atoms with Crippen molar-refractivity contribution in [3.05, 3.63) is 63.9 Å². The summed E-state index contributed by atoms with van der Waals surface area (Å²) in [5, 5.41) is 12.8. The molecule has 0 saturated heterocycles. The number of halogens is 5. The van der Waals surface area contributed by atoms with Gasteiger partial charge in [0, 0.05) is 24.8 Å². The molecule has 0 spiro atoms. The Kier molecular flexibility index (Phi) is 6.32. The van der Waals surface area contributed by atoms with Crippen LogP contribution in [-0.2, 0) is 28.8 Å². The van der Waals surface area contributed by atoms with Crippen LogP contribution in [0.25, 0.3) is 0 Å². The number of likely N-dealkylation sites (N-methyl/N-ethyl adjacent to an activating group) is 1. The number of aliphatic hydroxyl groups is 1. The summed E-state index contributed by atoms with van der Waals surface area (Å²) in [6.45, 7) is -0.195. The molecule has 1 aliphatic carbocycles. The van der Waals surface area contributed by atoms with Crippen LogP contribution in [0.3, 0.4) is 0 Å². The highest BCUT2D eigenvalue weighted by Gasteiger charge is 2.52. The first-order valence-corrected chi connectivity index (χ1v) is 9.91. The molecule has 10 heteroatoms. The van der Waals surface area contributed by atoms with Gasteiger partial charge in [-0.1, -0.05) is 29.8 Å². The van der Waals surface area contributed by atoms with Crippen molar-refractivity contribution in [1.29, 1.82) is 0 Å². The minimum Gasteiger partial charge on any atom is -0.382 e. The highest BCUT2D eigenvalue weighted by atomic mass is 35.5. The maximum Gasteiger partial charge on any atom is 0.417 e. The van der Waals surface area contributed by atoms with E-state index in [1.807, 2.05) is 0 Å². The quantitative estimate of drug-likeness (QED) is 0.668.